The van der Waals surface area contributed by atoms with Crippen LogP contribution in [0.25, 0.3) is 0 Å². The molecule has 0 unspecified atom stereocenters. The van der Waals surface area contributed by atoms with Crippen molar-refractivity contribution in [2.75, 3.05) is 22.1 Å². The van der Waals surface area contributed by atoms with Crippen LogP contribution in [0.1, 0.15) is 17.5 Å². The maximum Gasteiger partial charge on any atom is 0.234 e. The van der Waals surface area contributed by atoms with E-state index in [2.05, 4.69) is 10.6 Å². The van der Waals surface area contributed by atoms with E-state index >= 15 is 0 Å². The Bertz CT molecular complexity index is 702. The molecule has 2 amide bonds. The summed E-state index contributed by atoms with van der Waals surface area (Å²) in [5.41, 5.74) is 3.95. The van der Waals surface area contributed by atoms with Crippen molar-refractivity contribution in [1.29, 1.82) is 0 Å². The van der Waals surface area contributed by atoms with Gasteiger partial charge in [0.25, 0.3) is 0 Å². The largest absolute Gasteiger partial charge is 0.326 e. The Hall–Kier alpha value is -2.27. The lowest BCUT2D eigenvalue weighted by Crippen LogP contribution is -2.16. The highest BCUT2D eigenvalue weighted by Gasteiger charge is 2.06. The molecule has 2 N–H and O–H groups in total. The minimum absolute atomic E-state index is 0.0386. The molecule has 0 heterocycles. The van der Waals surface area contributed by atoms with Crippen molar-refractivity contribution in [2.45, 2.75) is 20.3 Å². The molecule has 0 aliphatic heterocycles. The Balaban J connectivity index is 1.65. The molecular weight excluding hydrogens is 320 g/mol. The Labute approximate surface area is 147 Å². The first-order valence-electron chi connectivity index (χ1n) is 7.84. The van der Waals surface area contributed by atoms with Gasteiger partial charge in [0.1, 0.15) is 0 Å². The number of thioether (sulfide) groups is 1. The number of benzene rings is 2. The number of hydrogen-bond donors (Lipinski definition) is 2. The molecule has 0 fully saturated rings. The summed E-state index contributed by atoms with van der Waals surface area (Å²) in [6, 6.07) is 15.2. The summed E-state index contributed by atoms with van der Waals surface area (Å²) in [5.74, 6) is 0.861. The monoisotopic (exact) mass is 342 g/mol. The SMILES string of the molecule is Cc1ccc(NC(=O)CSCCC(=O)Nc2ccccc2)cc1C. The molecule has 0 aliphatic rings. The number of amides is 2. The molecule has 0 bridgehead atoms. The van der Waals surface area contributed by atoms with E-state index in [0.29, 0.717) is 17.9 Å². The summed E-state index contributed by atoms with van der Waals surface area (Å²) < 4.78 is 0. The van der Waals surface area contributed by atoms with Crippen LogP contribution in [0.15, 0.2) is 48.5 Å². The van der Waals surface area contributed by atoms with Gasteiger partial charge in [-0.05, 0) is 49.2 Å². The molecule has 2 aromatic rings. The van der Waals surface area contributed by atoms with Gasteiger partial charge < -0.3 is 10.6 Å². The van der Waals surface area contributed by atoms with E-state index in [0.717, 1.165) is 16.9 Å². The molecule has 2 rings (SSSR count). The second-order valence-electron chi connectivity index (χ2n) is 5.56. The average molecular weight is 342 g/mol. The van der Waals surface area contributed by atoms with Crippen LogP contribution < -0.4 is 10.6 Å². The summed E-state index contributed by atoms with van der Waals surface area (Å²) in [7, 11) is 0. The molecular formula is C19H22N2O2S. The molecule has 4 nitrogen and oxygen atoms in total. The predicted octanol–water partition coefficient (Wildman–Crippen LogP) is 4.00. The van der Waals surface area contributed by atoms with Gasteiger partial charge in [-0.25, -0.2) is 0 Å². The van der Waals surface area contributed by atoms with E-state index < -0.39 is 0 Å². The number of para-hydroxylation sites is 1. The molecule has 24 heavy (non-hydrogen) atoms. The molecule has 0 saturated heterocycles. The Morgan fingerprint density at radius 3 is 2.29 bits per heavy atom. The lowest BCUT2D eigenvalue weighted by Gasteiger charge is -2.08. The second-order valence-corrected chi connectivity index (χ2v) is 6.67. The van der Waals surface area contributed by atoms with E-state index in [1.165, 1.54) is 17.3 Å². The van der Waals surface area contributed by atoms with Crippen molar-refractivity contribution < 1.29 is 9.59 Å². The van der Waals surface area contributed by atoms with Crippen LogP contribution in [-0.2, 0) is 9.59 Å². The van der Waals surface area contributed by atoms with Crippen molar-refractivity contribution in [3.63, 3.8) is 0 Å². The lowest BCUT2D eigenvalue weighted by molar-refractivity contribution is -0.116. The summed E-state index contributed by atoms with van der Waals surface area (Å²) in [6.45, 7) is 4.06. The average Bonchev–Trinajstić information content (AvgIpc) is 2.56. The van der Waals surface area contributed by atoms with Crippen molar-refractivity contribution in [2.24, 2.45) is 0 Å². The summed E-state index contributed by atoms with van der Waals surface area (Å²) >= 11 is 1.45. The van der Waals surface area contributed by atoms with E-state index in [4.69, 9.17) is 0 Å². The quantitative estimate of drug-likeness (QED) is 0.748. The number of hydrogen-bond acceptors (Lipinski definition) is 3. The van der Waals surface area contributed by atoms with Crippen molar-refractivity contribution in [3.05, 3.63) is 59.7 Å². The normalized spacial score (nSPS) is 10.2. The summed E-state index contributed by atoms with van der Waals surface area (Å²) in [4.78, 5) is 23.7. The standard InChI is InChI=1S/C19H22N2O2S/c1-14-8-9-17(12-15(14)2)21-19(23)13-24-11-10-18(22)20-16-6-4-3-5-7-16/h3-9,12H,10-11,13H2,1-2H3,(H,20,22)(H,21,23). The zero-order chi connectivity index (χ0) is 17.4. The van der Waals surface area contributed by atoms with E-state index in [1.807, 2.05) is 62.4 Å². The van der Waals surface area contributed by atoms with E-state index in [1.54, 1.807) is 0 Å². The lowest BCUT2D eigenvalue weighted by atomic mass is 10.1. The maximum atomic E-state index is 11.9. The summed E-state index contributed by atoms with van der Waals surface area (Å²) in [6.07, 6.45) is 0.385. The fourth-order valence-electron chi connectivity index (χ4n) is 2.09. The minimum atomic E-state index is -0.0493. The van der Waals surface area contributed by atoms with Crippen LogP contribution in [0.2, 0.25) is 0 Å². The van der Waals surface area contributed by atoms with Gasteiger partial charge in [-0.2, -0.15) is 11.8 Å². The van der Waals surface area contributed by atoms with Gasteiger partial charge in [0.2, 0.25) is 11.8 Å². The first-order chi connectivity index (χ1) is 11.5. The number of anilines is 2. The van der Waals surface area contributed by atoms with Crippen LogP contribution in [0, 0.1) is 13.8 Å². The van der Waals surface area contributed by atoms with Gasteiger partial charge in [0, 0.05) is 23.5 Å². The van der Waals surface area contributed by atoms with Crippen molar-refractivity contribution >= 4 is 35.0 Å². The fraction of sp³-hybridized carbons (Fsp3) is 0.263. The van der Waals surface area contributed by atoms with Gasteiger partial charge in [0.15, 0.2) is 0 Å². The van der Waals surface area contributed by atoms with Gasteiger partial charge in [0.05, 0.1) is 5.75 Å². The van der Waals surface area contributed by atoms with Crippen LogP contribution in [0.3, 0.4) is 0 Å². The Morgan fingerprint density at radius 2 is 1.58 bits per heavy atom. The zero-order valence-electron chi connectivity index (χ0n) is 14.0. The highest BCUT2D eigenvalue weighted by molar-refractivity contribution is 7.99. The Kier molecular flexibility index (Phi) is 6.88. The third kappa shape index (κ3) is 6.08. The molecule has 0 spiro atoms. The molecule has 2 aromatic carbocycles. The van der Waals surface area contributed by atoms with Gasteiger partial charge in [-0.15, -0.1) is 0 Å². The molecule has 5 heteroatoms. The van der Waals surface area contributed by atoms with Crippen LogP contribution in [0.5, 0.6) is 0 Å². The molecule has 0 aromatic heterocycles. The van der Waals surface area contributed by atoms with Gasteiger partial charge >= 0.3 is 0 Å². The zero-order valence-corrected chi connectivity index (χ0v) is 14.8. The topological polar surface area (TPSA) is 58.2 Å². The third-order valence-electron chi connectivity index (χ3n) is 3.55. The van der Waals surface area contributed by atoms with Crippen LogP contribution >= 0.6 is 11.8 Å². The number of rotatable bonds is 7. The number of aryl methyl sites for hydroxylation is 2. The highest BCUT2D eigenvalue weighted by atomic mass is 32.2. The number of carbonyl (C=O) groups is 2. The molecule has 0 aliphatic carbocycles. The molecule has 126 valence electrons. The highest BCUT2D eigenvalue weighted by Crippen LogP contribution is 2.15. The second kappa shape index (κ2) is 9.13. The van der Waals surface area contributed by atoms with Crippen LogP contribution in [-0.4, -0.2) is 23.3 Å². The van der Waals surface area contributed by atoms with Crippen molar-refractivity contribution in [1.82, 2.24) is 0 Å². The molecule has 0 saturated carbocycles. The van der Waals surface area contributed by atoms with Crippen molar-refractivity contribution in [3.8, 4) is 0 Å². The first-order valence-corrected chi connectivity index (χ1v) is 9.00. The smallest absolute Gasteiger partial charge is 0.234 e. The van der Waals surface area contributed by atoms with Gasteiger partial charge in [-0.3, -0.25) is 9.59 Å². The fourth-order valence-corrected chi connectivity index (χ4v) is 2.82. The third-order valence-corrected chi connectivity index (χ3v) is 4.51. The maximum absolute atomic E-state index is 11.9. The van der Waals surface area contributed by atoms with Gasteiger partial charge in [-0.1, -0.05) is 24.3 Å². The first kappa shape index (κ1) is 18.1. The predicted molar refractivity (Wildman–Crippen MR) is 102 cm³/mol. The minimum Gasteiger partial charge on any atom is -0.326 e. The van der Waals surface area contributed by atoms with E-state index in [9.17, 15) is 9.59 Å². The number of nitrogens with one attached hydrogen (secondary N) is 2. The van der Waals surface area contributed by atoms with Crippen LogP contribution in [0.4, 0.5) is 11.4 Å². The molecule has 0 atom stereocenters. The Morgan fingerprint density at radius 1 is 0.875 bits per heavy atom. The number of carbonyl (C=O) groups excluding carboxylic acids is 2. The molecule has 0 radical (unpaired) electrons. The summed E-state index contributed by atoms with van der Waals surface area (Å²) in [5, 5.41) is 5.71. The van der Waals surface area contributed by atoms with E-state index in [-0.39, 0.29) is 11.8 Å².